The van der Waals surface area contributed by atoms with E-state index < -0.39 is 11.6 Å². The van der Waals surface area contributed by atoms with Crippen LogP contribution in [0.2, 0.25) is 0 Å². The summed E-state index contributed by atoms with van der Waals surface area (Å²) in [4.78, 5) is 65.6. The van der Waals surface area contributed by atoms with Gasteiger partial charge >= 0.3 is 0 Å². The van der Waals surface area contributed by atoms with Crippen molar-refractivity contribution in [2.24, 2.45) is 5.41 Å². The van der Waals surface area contributed by atoms with Gasteiger partial charge in [-0.15, -0.1) is 0 Å². The van der Waals surface area contributed by atoms with Crippen molar-refractivity contribution in [3.63, 3.8) is 0 Å². The summed E-state index contributed by atoms with van der Waals surface area (Å²) < 4.78 is 0. The molecule has 6 aliphatic heterocycles. The van der Waals surface area contributed by atoms with E-state index in [0.29, 0.717) is 65.1 Å². The highest BCUT2D eigenvalue weighted by Crippen LogP contribution is 2.33. The number of likely N-dealkylation sites (tertiary alicyclic amines) is 1. The minimum atomic E-state index is -0.741. The van der Waals surface area contributed by atoms with Crippen LogP contribution in [0.25, 0.3) is 0 Å². The van der Waals surface area contributed by atoms with Crippen LogP contribution < -0.4 is 5.32 Å². The zero-order chi connectivity index (χ0) is 32.6. The number of benzene rings is 1. The van der Waals surface area contributed by atoms with Gasteiger partial charge in [-0.05, 0) is 56.6 Å². The van der Waals surface area contributed by atoms with Gasteiger partial charge in [0.05, 0.1) is 18.0 Å². The maximum atomic E-state index is 14.2. The Hall–Kier alpha value is -3.18. The van der Waals surface area contributed by atoms with E-state index in [4.69, 9.17) is 0 Å². The number of piperidine rings is 2. The number of hydrogen-bond donors (Lipinski definition) is 2. The first-order chi connectivity index (χ1) is 21.9. The molecule has 0 saturated carbocycles. The number of phenolic OH excluding ortho intramolecular Hbond substituents is 1. The largest absolute Gasteiger partial charge is 0.508 e. The predicted molar refractivity (Wildman–Crippen MR) is 174 cm³/mol. The smallest absolute Gasteiger partial charge is 0.241 e. The van der Waals surface area contributed by atoms with E-state index in [-0.39, 0.29) is 59.8 Å². The molecular formula is C35H52N6O5. The summed E-state index contributed by atoms with van der Waals surface area (Å²) in [5.41, 5.74) is -0.0921. The third kappa shape index (κ3) is 7.05. The fraction of sp³-hybridized carbons (Fsp3) is 0.714. The number of fused-ring (bicyclic) bond motifs is 4. The van der Waals surface area contributed by atoms with E-state index in [1.807, 2.05) is 26.8 Å². The van der Waals surface area contributed by atoms with Crippen LogP contribution in [-0.2, 0) is 25.7 Å². The van der Waals surface area contributed by atoms with Crippen molar-refractivity contribution in [1.82, 2.24) is 29.8 Å². The van der Waals surface area contributed by atoms with Gasteiger partial charge in [-0.2, -0.15) is 0 Å². The molecule has 1 unspecified atom stereocenters. The summed E-state index contributed by atoms with van der Waals surface area (Å²) in [5, 5.41) is 13.9. The molecule has 6 saturated heterocycles. The fourth-order valence-corrected chi connectivity index (χ4v) is 8.31. The van der Waals surface area contributed by atoms with Gasteiger partial charge in [-0.25, -0.2) is 0 Å². The Morgan fingerprint density at radius 3 is 2.33 bits per heavy atom. The molecule has 11 heteroatoms. The number of carbonyl (C=O) groups excluding carboxylic acids is 4. The van der Waals surface area contributed by atoms with Crippen LogP contribution in [-0.4, -0.2) is 129 Å². The van der Waals surface area contributed by atoms with E-state index in [1.165, 1.54) is 0 Å². The number of phenols is 1. The van der Waals surface area contributed by atoms with Gasteiger partial charge in [-0.3, -0.25) is 29.0 Å². The van der Waals surface area contributed by atoms with Crippen molar-refractivity contribution >= 4 is 23.6 Å². The lowest BCUT2D eigenvalue weighted by atomic mass is 9.82. The van der Waals surface area contributed by atoms with E-state index in [9.17, 15) is 24.3 Å². The van der Waals surface area contributed by atoms with Crippen LogP contribution in [0, 0.1) is 5.41 Å². The molecule has 0 aromatic heterocycles. The van der Waals surface area contributed by atoms with Crippen molar-refractivity contribution in [2.45, 2.75) is 102 Å². The highest BCUT2D eigenvalue weighted by atomic mass is 16.3. The first kappa shape index (κ1) is 32.7. The van der Waals surface area contributed by atoms with E-state index >= 15 is 0 Å². The van der Waals surface area contributed by atoms with Gasteiger partial charge in [-0.1, -0.05) is 39.0 Å². The molecule has 252 valence electrons. The molecule has 6 aliphatic rings. The number of nitrogens with one attached hydrogen (secondary N) is 1. The Balaban J connectivity index is 1.27. The maximum absolute atomic E-state index is 14.2. The van der Waals surface area contributed by atoms with Gasteiger partial charge in [0.15, 0.2) is 0 Å². The van der Waals surface area contributed by atoms with Crippen LogP contribution in [0.15, 0.2) is 24.3 Å². The van der Waals surface area contributed by atoms with Gasteiger partial charge < -0.3 is 25.1 Å². The number of aromatic hydroxyl groups is 1. The molecule has 46 heavy (non-hydrogen) atoms. The number of para-hydroxylation sites is 1. The third-order valence-corrected chi connectivity index (χ3v) is 11.0. The molecule has 4 bridgehead atoms. The normalized spacial score (nSPS) is 27.0. The molecular weight excluding hydrogens is 584 g/mol. The second-order valence-corrected chi connectivity index (χ2v) is 15.5. The van der Waals surface area contributed by atoms with Crippen LogP contribution >= 0.6 is 0 Å². The molecule has 6 heterocycles. The first-order valence-electron chi connectivity index (χ1n) is 17.3. The lowest BCUT2D eigenvalue weighted by Crippen LogP contribution is -2.63. The van der Waals surface area contributed by atoms with Crippen molar-refractivity contribution in [1.29, 1.82) is 0 Å². The highest BCUT2D eigenvalue weighted by molar-refractivity contribution is 5.86. The Labute approximate surface area is 273 Å². The number of carbonyl (C=O) groups is 4. The molecule has 0 aliphatic carbocycles. The second-order valence-electron chi connectivity index (χ2n) is 15.5. The Bertz CT molecular complexity index is 1310. The third-order valence-electron chi connectivity index (χ3n) is 11.0. The molecule has 1 aromatic carbocycles. The maximum Gasteiger partial charge on any atom is 0.241 e. The Kier molecular flexibility index (Phi) is 9.36. The molecule has 7 rings (SSSR count). The van der Waals surface area contributed by atoms with Gasteiger partial charge in [0, 0.05) is 70.4 Å². The van der Waals surface area contributed by atoms with Crippen molar-refractivity contribution in [3.8, 4) is 5.75 Å². The van der Waals surface area contributed by atoms with E-state index in [1.54, 1.807) is 12.1 Å². The van der Waals surface area contributed by atoms with E-state index in [2.05, 4.69) is 35.9 Å². The van der Waals surface area contributed by atoms with Crippen LogP contribution in [0.5, 0.6) is 5.75 Å². The lowest BCUT2D eigenvalue weighted by Gasteiger charge is -2.46. The molecule has 1 aromatic rings. The number of rotatable bonds is 3. The molecule has 0 radical (unpaired) electrons. The topological polar surface area (TPSA) is 117 Å². The molecule has 1 spiro atoms. The zero-order valence-electron chi connectivity index (χ0n) is 27.9. The standard InChI is InChI=1S/C35H52N6O5/c1-34(2,3)21-30(43)37-17-12-35(13-18-37)22-31(44)40-20-19-39(23-25-7-4-5-9-29(25)42)28(24-40)33(46)38-15-10-26(11-16-38)41-14-6-8-27(41)32(45)36-35/h4-5,7,9,26-28,42H,6,8,10-24H2,1-3H3,(H,36,45)/t27?,28-/m1/s1. The first-order valence-corrected chi connectivity index (χ1v) is 17.3. The van der Waals surface area contributed by atoms with Crippen LogP contribution in [0.3, 0.4) is 0 Å². The monoisotopic (exact) mass is 636 g/mol. The SMILES string of the molecule is CC(C)(C)CC(=O)N1CCC2(CC1)CC(=O)N1CCN(Cc3ccccc3O)[C@H](C1)C(=O)N1CCC(CC1)N1CCCC1C(=O)N2. The zero-order valence-corrected chi connectivity index (χ0v) is 27.9. The minimum Gasteiger partial charge on any atom is -0.508 e. The van der Waals surface area contributed by atoms with Crippen LogP contribution in [0.1, 0.15) is 77.7 Å². The lowest BCUT2D eigenvalue weighted by molar-refractivity contribution is -0.146. The number of piperazine rings is 1. The van der Waals surface area contributed by atoms with E-state index in [0.717, 1.165) is 37.8 Å². The van der Waals surface area contributed by atoms with Crippen molar-refractivity contribution < 1.29 is 24.3 Å². The summed E-state index contributed by atoms with van der Waals surface area (Å²) in [7, 11) is 0. The van der Waals surface area contributed by atoms with Gasteiger partial charge in [0.1, 0.15) is 11.8 Å². The van der Waals surface area contributed by atoms with Gasteiger partial charge in [0.2, 0.25) is 23.6 Å². The fourth-order valence-electron chi connectivity index (χ4n) is 8.31. The molecule has 11 nitrogen and oxygen atoms in total. The summed E-state index contributed by atoms with van der Waals surface area (Å²) in [6.07, 6.45) is 5.05. The van der Waals surface area contributed by atoms with Crippen molar-refractivity contribution in [3.05, 3.63) is 29.8 Å². The molecule has 2 N–H and O–H groups in total. The summed E-state index contributed by atoms with van der Waals surface area (Å²) in [5.74, 6) is 0.294. The van der Waals surface area contributed by atoms with Crippen molar-refractivity contribution in [2.75, 3.05) is 52.4 Å². The Morgan fingerprint density at radius 2 is 1.63 bits per heavy atom. The Morgan fingerprint density at radius 1 is 0.913 bits per heavy atom. The predicted octanol–water partition coefficient (Wildman–Crippen LogP) is 2.18. The second kappa shape index (κ2) is 13.1. The highest BCUT2D eigenvalue weighted by Gasteiger charge is 2.46. The number of nitrogens with zero attached hydrogens (tertiary/aromatic N) is 5. The molecule has 4 amide bonds. The average Bonchev–Trinajstić information content (AvgIpc) is 3.52. The summed E-state index contributed by atoms with van der Waals surface area (Å²) in [6.45, 7) is 11.0. The molecule has 2 atom stereocenters. The minimum absolute atomic E-state index is 0.00138. The van der Waals surface area contributed by atoms with Crippen LogP contribution in [0.4, 0.5) is 0 Å². The van der Waals surface area contributed by atoms with Gasteiger partial charge in [0.25, 0.3) is 0 Å². The summed E-state index contributed by atoms with van der Waals surface area (Å²) >= 11 is 0. The number of amides is 4. The molecule has 6 fully saturated rings. The number of hydrogen-bond acceptors (Lipinski definition) is 7. The average molecular weight is 637 g/mol. The quantitative estimate of drug-likeness (QED) is 0.523. The summed E-state index contributed by atoms with van der Waals surface area (Å²) in [6, 6.07) is 6.71.